The van der Waals surface area contributed by atoms with E-state index in [1.807, 2.05) is 31.3 Å². The molecule has 28 heavy (non-hydrogen) atoms. The molecule has 0 saturated carbocycles. The summed E-state index contributed by atoms with van der Waals surface area (Å²) in [5.74, 6) is -0.0692. The van der Waals surface area contributed by atoms with Crippen LogP contribution in [-0.2, 0) is 24.8 Å². The van der Waals surface area contributed by atoms with Crippen LogP contribution in [0.5, 0.6) is 0 Å². The van der Waals surface area contributed by atoms with Gasteiger partial charge in [0, 0.05) is 43.7 Å². The molecule has 0 saturated heterocycles. The Hall–Kier alpha value is -3.41. The van der Waals surface area contributed by atoms with Crippen LogP contribution in [0.15, 0.2) is 65.8 Å². The van der Waals surface area contributed by atoms with Crippen molar-refractivity contribution in [1.29, 1.82) is 0 Å². The summed E-state index contributed by atoms with van der Waals surface area (Å²) in [6.07, 6.45) is 4.63. The van der Waals surface area contributed by atoms with Crippen LogP contribution >= 0.6 is 0 Å². The van der Waals surface area contributed by atoms with Gasteiger partial charge < -0.3 is 9.88 Å². The molecule has 1 N–H and O–H groups in total. The number of fused-ring (bicyclic) bond motifs is 2. The van der Waals surface area contributed by atoms with Crippen molar-refractivity contribution in [2.45, 2.75) is 19.4 Å². The Bertz CT molecular complexity index is 1210. The average molecular weight is 374 g/mol. The molecule has 1 amide bonds. The number of nitrogens with one attached hydrogen (secondary N) is 1. The number of hydrogen-bond acceptors (Lipinski definition) is 3. The van der Waals surface area contributed by atoms with E-state index < -0.39 is 0 Å². The highest BCUT2D eigenvalue weighted by atomic mass is 16.1. The van der Waals surface area contributed by atoms with Crippen molar-refractivity contribution in [2.75, 3.05) is 6.54 Å². The molecular weight excluding hydrogens is 352 g/mol. The molecule has 0 aliphatic carbocycles. The summed E-state index contributed by atoms with van der Waals surface area (Å²) in [6.45, 7) is 0.883. The van der Waals surface area contributed by atoms with Gasteiger partial charge >= 0.3 is 0 Å². The minimum Gasteiger partial charge on any atom is -0.356 e. The van der Waals surface area contributed by atoms with E-state index in [4.69, 9.17) is 0 Å². The van der Waals surface area contributed by atoms with E-state index in [9.17, 15) is 9.59 Å². The first-order valence-corrected chi connectivity index (χ1v) is 9.37. The lowest BCUT2D eigenvalue weighted by atomic mass is 10.1. The average Bonchev–Trinajstić information content (AvgIpc) is 3.04. The highest BCUT2D eigenvalue weighted by Crippen LogP contribution is 2.20. The quantitative estimate of drug-likeness (QED) is 0.564. The fourth-order valence-corrected chi connectivity index (χ4v) is 3.54. The van der Waals surface area contributed by atoms with Gasteiger partial charge in [0.2, 0.25) is 5.91 Å². The summed E-state index contributed by atoms with van der Waals surface area (Å²) < 4.78 is 3.60. The Morgan fingerprint density at radius 3 is 2.68 bits per heavy atom. The molecule has 2 heterocycles. The molecule has 0 spiro atoms. The topological polar surface area (TPSA) is 68.9 Å². The van der Waals surface area contributed by atoms with E-state index in [2.05, 4.69) is 33.2 Å². The standard InChI is InChI=1S/C22H22N4O2/c1-25-14-16(17-6-3-5-9-20(17)25)10-12-23-21(27)11-13-26-15-24-19-8-4-2-7-18(19)22(26)28/h2-9,14-15H,10-13H2,1H3,(H,23,27). The Kier molecular flexibility index (Phi) is 4.93. The fraction of sp³-hybridized carbons (Fsp3) is 0.227. The van der Waals surface area contributed by atoms with E-state index in [-0.39, 0.29) is 17.9 Å². The van der Waals surface area contributed by atoms with Crippen LogP contribution in [0.3, 0.4) is 0 Å². The normalized spacial score (nSPS) is 11.2. The summed E-state index contributed by atoms with van der Waals surface area (Å²) in [5, 5.41) is 4.73. The van der Waals surface area contributed by atoms with Crippen molar-refractivity contribution in [3.05, 3.63) is 77.0 Å². The number of rotatable bonds is 6. The number of carbonyl (C=O) groups excluding carboxylic acids is 1. The van der Waals surface area contributed by atoms with Gasteiger partial charge in [-0.2, -0.15) is 0 Å². The number of para-hydroxylation sites is 2. The Balaban J connectivity index is 1.34. The second kappa shape index (κ2) is 7.68. The molecule has 0 radical (unpaired) electrons. The first-order valence-electron chi connectivity index (χ1n) is 9.37. The number of aromatic nitrogens is 3. The van der Waals surface area contributed by atoms with Crippen molar-refractivity contribution < 1.29 is 4.79 Å². The summed E-state index contributed by atoms with van der Waals surface area (Å²) in [7, 11) is 2.03. The van der Waals surface area contributed by atoms with Crippen LogP contribution in [-0.4, -0.2) is 26.6 Å². The maximum absolute atomic E-state index is 12.5. The van der Waals surface area contributed by atoms with Crippen molar-refractivity contribution in [1.82, 2.24) is 19.4 Å². The molecule has 0 aliphatic rings. The molecule has 6 nitrogen and oxygen atoms in total. The highest BCUT2D eigenvalue weighted by molar-refractivity contribution is 5.84. The second-order valence-corrected chi connectivity index (χ2v) is 6.89. The van der Waals surface area contributed by atoms with Gasteiger partial charge in [-0.25, -0.2) is 4.98 Å². The smallest absolute Gasteiger partial charge is 0.261 e. The Morgan fingerprint density at radius 1 is 1.07 bits per heavy atom. The molecule has 0 fully saturated rings. The van der Waals surface area contributed by atoms with Crippen molar-refractivity contribution >= 4 is 27.7 Å². The van der Waals surface area contributed by atoms with Gasteiger partial charge in [0.1, 0.15) is 0 Å². The number of carbonyl (C=O) groups is 1. The Labute approximate surface area is 162 Å². The van der Waals surface area contributed by atoms with Crippen LogP contribution in [0.4, 0.5) is 0 Å². The molecular formula is C22H22N4O2. The van der Waals surface area contributed by atoms with Gasteiger partial charge in [-0.15, -0.1) is 0 Å². The monoisotopic (exact) mass is 374 g/mol. The largest absolute Gasteiger partial charge is 0.356 e. The summed E-state index contributed by atoms with van der Waals surface area (Å²) in [4.78, 5) is 28.9. The minimum absolute atomic E-state index is 0.0692. The van der Waals surface area contributed by atoms with Crippen LogP contribution in [0.2, 0.25) is 0 Å². The van der Waals surface area contributed by atoms with Gasteiger partial charge in [-0.05, 0) is 30.2 Å². The predicted octanol–water partition coefficient (Wildman–Crippen LogP) is 2.64. The lowest BCUT2D eigenvalue weighted by molar-refractivity contribution is -0.121. The molecule has 0 unspecified atom stereocenters. The van der Waals surface area contributed by atoms with E-state index >= 15 is 0 Å². The second-order valence-electron chi connectivity index (χ2n) is 6.89. The van der Waals surface area contributed by atoms with E-state index in [1.165, 1.54) is 27.4 Å². The van der Waals surface area contributed by atoms with Crippen molar-refractivity contribution in [3.63, 3.8) is 0 Å². The minimum atomic E-state index is -0.117. The third-order valence-electron chi connectivity index (χ3n) is 5.01. The summed E-state index contributed by atoms with van der Waals surface area (Å²) >= 11 is 0. The molecule has 142 valence electrons. The lowest BCUT2D eigenvalue weighted by Gasteiger charge is -2.07. The lowest BCUT2D eigenvalue weighted by Crippen LogP contribution is -2.29. The number of hydrogen-bond donors (Lipinski definition) is 1. The molecule has 0 bridgehead atoms. The molecule has 0 atom stereocenters. The SMILES string of the molecule is Cn1cc(CCNC(=O)CCn2cnc3ccccc3c2=O)c2ccccc21. The first kappa shape index (κ1) is 18.0. The third kappa shape index (κ3) is 3.53. The van der Waals surface area contributed by atoms with Gasteiger partial charge in [0.05, 0.1) is 17.2 Å². The zero-order valence-electron chi connectivity index (χ0n) is 15.8. The number of benzene rings is 2. The van der Waals surface area contributed by atoms with Crippen LogP contribution in [0.25, 0.3) is 21.8 Å². The van der Waals surface area contributed by atoms with E-state index in [0.717, 1.165) is 6.42 Å². The molecule has 4 rings (SSSR count). The Morgan fingerprint density at radius 2 is 1.82 bits per heavy atom. The molecule has 0 aliphatic heterocycles. The third-order valence-corrected chi connectivity index (χ3v) is 5.01. The van der Waals surface area contributed by atoms with Gasteiger partial charge in [0.15, 0.2) is 0 Å². The van der Waals surface area contributed by atoms with Crippen molar-refractivity contribution in [3.8, 4) is 0 Å². The van der Waals surface area contributed by atoms with Crippen LogP contribution in [0, 0.1) is 0 Å². The van der Waals surface area contributed by atoms with Gasteiger partial charge in [-0.3, -0.25) is 14.2 Å². The van der Waals surface area contributed by atoms with Crippen LogP contribution in [0.1, 0.15) is 12.0 Å². The number of amides is 1. The number of nitrogens with zero attached hydrogens (tertiary/aromatic N) is 3. The molecule has 2 aromatic carbocycles. The van der Waals surface area contributed by atoms with Crippen LogP contribution < -0.4 is 10.9 Å². The van der Waals surface area contributed by atoms with E-state index in [1.54, 1.807) is 12.1 Å². The summed E-state index contributed by atoms with van der Waals surface area (Å²) in [5.41, 5.74) is 2.96. The maximum atomic E-state index is 12.5. The number of aryl methyl sites for hydroxylation is 2. The summed E-state index contributed by atoms with van der Waals surface area (Å²) in [6, 6.07) is 15.5. The maximum Gasteiger partial charge on any atom is 0.261 e. The van der Waals surface area contributed by atoms with Crippen molar-refractivity contribution in [2.24, 2.45) is 7.05 Å². The van der Waals surface area contributed by atoms with E-state index in [0.29, 0.717) is 24.0 Å². The zero-order chi connectivity index (χ0) is 19.5. The van der Waals surface area contributed by atoms with Gasteiger partial charge in [0.25, 0.3) is 5.56 Å². The molecule has 4 aromatic rings. The molecule has 2 aromatic heterocycles. The molecule has 6 heteroatoms. The van der Waals surface area contributed by atoms with Gasteiger partial charge in [-0.1, -0.05) is 30.3 Å². The zero-order valence-corrected chi connectivity index (χ0v) is 15.8. The first-order chi connectivity index (χ1) is 13.6. The fourth-order valence-electron chi connectivity index (χ4n) is 3.54. The predicted molar refractivity (Wildman–Crippen MR) is 110 cm³/mol. The highest BCUT2D eigenvalue weighted by Gasteiger charge is 2.08.